The van der Waals surface area contributed by atoms with Crippen LogP contribution in [0.1, 0.15) is 48.1 Å². The minimum absolute atomic E-state index is 0.0577. The minimum atomic E-state index is -0.526. The quantitative estimate of drug-likeness (QED) is 0.201. The van der Waals surface area contributed by atoms with Crippen molar-refractivity contribution >= 4 is 40.9 Å². The van der Waals surface area contributed by atoms with E-state index < -0.39 is 5.91 Å². The van der Waals surface area contributed by atoms with Crippen LogP contribution >= 0.6 is 11.3 Å². The summed E-state index contributed by atoms with van der Waals surface area (Å²) in [7, 11) is 0. The molecule has 3 heterocycles. The largest absolute Gasteiger partial charge is 0.361 e. The Balaban J connectivity index is 1.69. The van der Waals surface area contributed by atoms with Crippen LogP contribution in [0.25, 0.3) is 17.7 Å². The Hall–Kier alpha value is -3.68. The molecule has 0 fully saturated rings. The van der Waals surface area contributed by atoms with E-state index in [0.717, 1.165) is 38.4 Å². The van der Waals surface area contributed by atoms with E-state index in [1.54, 1.807) is 17.6 Å². The van der Waals surface area contributed by atoms with Gasteiger partial charge in [-0.2, -0.15) is 0 Å². The summed E-state index contributed by atoms with van der Waals surface area (Å²) in [6.07, 6.45) is 10.1. The van der Waals surface area contributed by atoms with Gasteiger partial charge < -0.3 is 9.88 Å². The number of aromatic amines is 1. The number of H-pyrrole nitrogens is 1. The first kappa shape index (κ1) is 23.5. The molecule has 3 aromatic rings. The minimum Gasteiger partial charge on any atom is -0.361 e. The van der Waals surface area contributed by atoms with Crippen LogP contribution in [-0.2, 0) is 17.8 Å². The third-order valence-electron chi connectivity index (χ3n) is 5.99. The number of hydroxylamine groups is 1. The van der Waals surface area contributed by atoms with Gasteiger partial charge in [-0.3, -0.25) is 14.8 Å². The lowest BCUT2D eigenvalue weighted by Crippen LogP contribution is -2.35. The fourth-order valence-corrected chi connectivity index (χ4v) is 5.07. The topological polar surface area (TPSA) is 85.4 Å². The molecule has 1 aliphatic heterocycles. The van der Waals surface area contributed by atoms with Gasteiger partial charge in [-0.25, -0.2) is 5.48 Å². The molecule has 0 unspecified atom stereocenters. The van der Waals surface area contributed by atoms with Gasteiger partial charge >= 0.3 is 0 Å². The summed E-state index contributed by atoms with van der Waals surface area (Å²) >= 11 is 1.36. The summed E-state index contributed by atoms with van der Waals surface area (Å²) in [5, 5.41) is 8.94. The number of aryl methyl sites for hydroxylation is 1. The van der Waals surface area contributed by atoms with Crippen LogP contribution in [0, 0.1) is 13.8 Å². The van der Waals surface area contributed by atoms with Gasteiger partial charge in [0, 0.05) is 35.4 Å². The molecule has 0 spiro atoms. The molecule has 0 atom stereocenters. The van der Waals surface area contributed by atoms with E-state index in [1.807, 2.05) is 67.4 Å². The predicted octanol–water partition coefficient (Wildman–Crippen LogP) is 5.14. The molecule has 6 nitrogen and oxygen atoms in total. The highest BCUT2D eigenvalue weighted by molar-refractivity contribution is 7.14. The molecule has 0 aliphatic carbocycles. The van der Waals surface area contributed by atoms with Crippen LogP contribution in [0.4, 0.5) is 0 Å². The maximum atomic E-state index is 13.8. The highest BCUT2D eigenvalue weighted by Gasteiger charge is 2.27. The van der Waals surface area contributed by atoms with Gasteiger partial charge in [0.25, 0.3) is 11.8 Å². The van der Waals surface area contributed by atoms with Crippen molar-refractivity contribution in [3.8, 4) is 0 Å². The van der Waals surface area contributed by atoms with Crippen LogP contribution in [0.5, 0.6) is 0 Å². The normalized spacial score (nSPS) is 13.7. The summed E-state index contributed by atoms with van der Waals surface area (Å²) in [4.78, 5) is 32.2. The number of rotatable bonds is 6. The van der Waals surface area contributed by atoms with Crippen LogP contribution < -0.4 is 5.48 Å². The molecular weight excluding hydrogens is 446 g/mol. The van der Waals surface area contributed by atoms with Gasteiger partial charge in [-0.05, 0) is 60.7 Å². The second kappa shape index (κ2) is 10.1. The van der Waals surface area contributed by atoms with Gasteiger partial charge in [-0.1, -0.05) is 48.6 Å². The van der Waals surface area contributed by atoms with Crippen LogP contribution in [0.15, 0.2) is 55.3 Å². The number of allylic oxidation sites excluding steroid dienone is 2. The number of thiophene rings is 1. The zero-order valence-corrected chi connectivity index (χ0v) is 20.0. The van der Waals surface area contributed by atoms with Crippen LogP contribution in [0.3, 0.4) is 0 Å². The van der Waals surface area contributed by atoms with E-state index in [1.165, 1.54) is 11.3 Å². The molecule has 2 aromatic heterocycles. The zero-order valence-electron chi connectivity index (χ0n) is 19.2. The Morgan fingerprint density at radius 1 is 1.24 bits per heavy atom. The molecule has 4 rings (SSSR count). The molecule has 1 aromatic carbocycles. The fraction of sp³-hybridized carbons (Fsp3) is 0.185. The van der Waals surface area contributed by atoms with Crippen LogP contribution in [0.2, 0.25) is 0 Å². The van der Waals surface area contributed by atoms with Crippen molar-refractivity contribution in [3.63, 3.8) is 0 Å². The summed E-state index contributed by atoms with van der Waals surface area (Å²) in [5.74, 6) is -0.584. The monoisotopic (exact) mass is 473 g/mol. The predicted molar refractivity (Wildman–Crippen MR) is 137 cm³/mol. The number of nitrogens with zero attached hydrogens (tertiary/aromatic N) is 1. The van der Waals surface area contributed by atoms with Crippen LogP contribution in [-0.4, -0.2) is 33.5 Å². The van der Waals surface area contributed by atoms with E-state index in [-0.39, 0.29) is 5.91 Å². The van der Waals surface area contributed by atoms with Gasteiger partial charge in [0.1, 0.15) is 0 Å². The number of carbonyl (C=O) groups excluding carboxylic acids is 2. The summed E-state index contributed by atoms with van der Waals surface area (Å²) in [6, 6.07) is 9.72. The molecule has 1 aliphatic rings. The van der Waals surface area contributed by atoms with E-state index in [4.69, 9.17) is 5.21 Å². The maximum Gasteiger partial charge on any atom is 0.284 e. The first-order chi connectivity index (χ1) is 16.4. The number of carbonyl (C=O) groups is 2. The molecule has 7 heteroatoms. The molecule has 0 saturated carbocycles. The Kier molecular flexibility index (Phi) is 6.95. The Bertz CT molecular complexity index is 1300. The number of fused-ring (bicyclic) bond motifs is 1. The van der Waals surface area contributed by atoms with E-state index in [9.17, 15) is 9.59 Å². The van der Waals surface area contributed by atoms with Gasteiger partial charge in [0.05, 0.1) is 4.88 Å². The SMILES string of the molecule is C=C/C=C\c1[nH]cc(/C=C(/C(=O)N2CCc3sc(C(=O)NO)cc3C2)c2ccc(C)cc2)c1C. The van der Waals surface area contributed by atoms with Crippen molar-refractivity contribution in [2.24, 2.45) is 0 Å². The smallest absolute Gasteiger partial charge is 0.284 e. The molecular formula is C27H27N3O3S. The standard InChI is InChI=1S/C27H27N3O3S/c1-4-5-6-23-18(3)20(15-28-23)13-22(19-9-7-17(2)8-10-19)27(32)30-12-11-24-21(16-30)14-25(34-24)26(31)29-33/h4-10,13-15,28,33H,1,11-12,16H2,2-3H3,(H,29,31)/b6-5-,22-13+. The summed E-state index contributed by atoms with van der Waals surface area (Å²) in [5.41, 5.74) is 8.20. The van der Waals surface area contributed by atoms with Crippen molar-refractivity contribution in [2.45, 2.75) is 26.8 Å². The van der Waals surface area contributed by atoms with Gasteiger partial charge in [-0.15, -0.1) is 11.3 Å². The van der Waals surface area contributed by atoms with Crippen molar-refractivity contribution in [2.75, 3.05) is 6.54 Å². The molecule has 34 heavy (non-hydrogen) atoms. The molecule has 3 N–H and O–H groups in total. The molecule has 0 saturated heterocycles. The zero-order chi connectivity index (χ0) is 24.2. The average Bonchev–Trinajstić information content (AvgIpc) is 3.43. The second-order valence-corrected chi connectivity index (χ2v) is 9.41. The highest BCUT2D eigenvalue weighted by Crippen LogP contribution is 2.31. The fourth-order valence-electron chi connectivity index (χ4n) is 4.02. The molecule has 174 valence electrons. The number of aromatic nitrogens is 1. The molecule has 2 amide bonds. The lowest BCUT2D eigenvalue weighted by atomic mass is 9.98. The lowest BCUT2D eigenvalue weighted by Gasteiger charge is -2.28. The van der Waals surface area contributed by atoms with Crippen molar-refractivity contribution < 1.29 is 14.8 Å². The Morgan fingerprint density at radius 2 is 2.00 bits per heavy atom. The lowest BCUT2D eigenvalue weighted by molar-refractivity contribution is -0.125. The van der Waals surface area contributed by atoms with Crippen molar-refractivity contribution in [1.82, 2.24) is 15.4 Å². The highest BCUT2D eigenvalue weighted by atomic mass is 32.1. The van der Waals surface area contributed by atoms with Crippen molar-refractivity contribution in [3.05, 3.63) is 98.5 Å². The first-order valence-electron chi connectivity index (χ1n) is 11.0. The Morgan fingerprint density at radius 3 is 2.71 bits per heavy atom. The number of hydrogen-bond donors (Lipinski definition) is 3. The van der Waals surface area contributed by atoms with Crippen molar-refractivity contribution in [1.29, 1.82) is 0 Å². The van der Waals surface area contributed by atoms with E-state index in [0.29, 0.717) is 30.0 Å². The van der Waals surface area contributed by atoms with E-state index >= 15 is 0 Å². The number of benzene rings is 1. The second-order valence-electron chi connectivity index (χ2n) is 8.28. The number of amides is 2. The third-order valence-corrected chi connectivity index (χ3v) is 7.23. The van der Waals surface area contributed by atoms with Gasteiger partial charge in [0.2, 0.25) is 0 Å². The maximum absolute atomic E-state index is 13.8. The number of nitrogens with one attached hydrogen (secondary N) is 2. The molecule has 0 bridgehead atoms. The third kappa shape index (κ3) is 4.81. The van der Waals surface area contributed by atoms with E-state index in [2.05, 4.69) is 11.6 Å². The van der Waals surface area contributed by atoms with Gasteiger partial charge in [0.15, 0.2) is 0 Å². The Labute approximate surface area is 202 Å². The molecule has 0 radical (unpaired) electrons. The summed E-state index contributed by atoms with van der Waals surface area (Å²) < 4.78 is 0. The number of hydrogen-bond acceptors (Lipinski definition) is 4. The first-order valence-corrected chi connectivity index (χ1v) is 11.8. The average molecular weight is 474 g/mol. The summed E-state index contributed by atoms with van der Waals surface area (Å²) in [6.45, 7) is 8.75.